The largest absolute Gasteiger partial charge is 0.490 e. The fourth-order valence-electron chi connectivity index (χ4n) is 2.52. The molecule has 100 valence electrons. The highest BCUT2D eigenvalue weighted by molar-refractivity contribution is 6.30. The zero-order valence-electron chi connectivity index (χ0n) is 11.2. The van der Waals surface area contributed by atoms with Crippen LogP contribution in [0.5, 0.6) is 5.75 Å². The highest BCUT2D eigenvalue weighted by Gasteiger charge is 2.20. The van der Waals surface area contributed by atoms with E-state index in [1.165, 1.54) is 25.7 Å². The van der Waals surface area contributed by atoms with Gasteiger partial charge in [-0.3, -0.25) is 0 Å². The summed E-state index contributed by atoms with van der Waals surface area (Å²) in [6, 6.07) is 5.88. The summed E-state index contributed by atoms with van der Waals surface area (Å²) in [5, 5.41) is 3.93. The molecule has 0 aromatic heterocycles. The predicted octanol–water partition coefficient (Wildman–Crippen LogP) is 4.02. The molecule has 1 aliphatic carbocycles. The van der Waals surface area contributed by atoms with Gasteiger partial charge in [-0.2, -0.15) is 0 Å². The fourth-order valence-corrected chi connectivity index (χ4v) is 2.71. The lowest BCUT2D eigenvalue weighted by atomic mass is 9.89. The summed E-state index contributed by atoms with van der Waals surface area (Å²) in [4.78, 5) is 0. The van der Waals surface area contributed by atoms with Crippen LogP contribution in [-0.2, 0) is 6.54 Å². The van der Waals surface area contributed by atoms with Crippen molar-refractivity contribution in [2.75, 3.05) is 7.05 Å². The molecule has 3 heteroatoms. The van der Waals surface area contributed by atoms with Gasteiger partial charge in [0, 0.05) is 17.1 Å². The van der Waals surface area contributed by atoms with E-state index in [2.05, 4.69) is 12.2 Å². The Balaban J connectivity index is 2.03. The molecule has 1 aromatic carbocycles. The maximum absolute atomic E-state index is 6.14. The zero-order chi connectivity index (χ0) is 13.0. The standard InChI is InChI=1S/C15H22ClNO/c1-11-3-6-14(7-4-11)18-15-8-5-13(16)9-12(15)10-17-2/h5,8-9,11,14,17H,3-4,6-7,10H2,1-2H3. The van der Waals surface area contributed by atoms with Gasteiger partial charge in [0.15, 0.2) is 0 Å². The summed E-state index contributed by atoms with van der Waals surface area (Å²) >= 11 is 6.03. The monoisotopic (exact) mass is 267 g/mol. The van der Waals surface area contributed by atoms with E-state index in [0.717, 1.165) is 28.8 Å². The lowest BCUT2D eigenvalue weighted by molar-refractivity contribution is 0.134. The Hall–Kier alpha value is -0.730. The molecule has 2 rings (SSSR count). The number of hydrogen-bond donors (Lipinski definition) is 1. The molecule has 1 fully saturated rings. The van der Waals surface area contributed by atoms with E-state index in [4.69, 9.17) is 16.3 Å². The van der Waals surface area contributed by atoms with Gasteiger partial charge in [0.1, 0.15) is 5.75 Å². The summed E-state index contributed by atoms with van der Waals surface area (Å²) in [5.41, 5.74) is 1.14. The van der Waals surface area contributed by atoms with Crippen molar-refractivity contribution in [1.82, 2.24) is 5.32 Å². The highest BCUT2D eigenvalue weighted by Crippen LogP contribution is 2.30. The van der Waals surface area contributed by atoms with Crippen LogP contribution >= 0.6 is 11.6 Å². The minimum atomic E-state index is 0.373. The van der Waals surface area contributed by atoms with Crippen LogP contribution in [-0.4, -0.2) is 13.2 Å². The summed E-state index contributed by atoms with van der Waals surface area (Å²) < 4.78 is 6.14. The maximum atomic E-state index is 6.14. The van der Waals surface area contributed by atoms with E-state index in [1.807, 2.05) is 25.2 Å². The minimum absolute atomic E-state index is 0.373. The number of nitrogens with one attached hydrogen (secondary N) is 1. The van der Waals surface area contributed by atoms with E-state index in [1.54, 1.807) is 0 Å². The van der Waals surface area contributed by atoms with Crippen LogP contribution in [0.15, 0.2) is 18.2 Å². The Labute approximate surface area is 115 Å². The van der Waals surface area contributed by atoms with Gasteiger partial charge >= 0.3 is 0 Å². The molecule has 1 N–H and O–H groups in total. The van der Waals surface area contributed by atoms with Gasteiger partial charge in [-0.15, -0.1) is 0 Å². The first kappa shape index (κ1) is 13.7. The SMILES string of the molecule is CNCc1cc(Cl)ccc1OC1CCC(C)CC1. The van der Waals surface area contributed by atoms with Gasteiger partial charge in [0.05, 0.1) is 6.10 Å². The van der Waals surface area contributed by atoms with E-state index >= 15 is 0 Å². The van der Waals surface area contributed by atoms with Crippen LogP contribution in [0, 0.1) is 5.92 Å². The molecular weight excluding hydrogens is 246 g/mol. The second kappa shape index (κ2) is 6.44. The molecule has 0 heterocycles. The van der Waals surface area contributed by atoms with Crippen molar-refractivity contribution in [3.05, 3.63) is 28.8 Å². The van der Waals surface area contributed by atoms with Gasteiger partial charge in [0.2, 0.25) is 0 Å². The van der Waals surface area contributed by atoms with Gasteiger partial charge in [0.25, 0.3) is 0 Å². The molecule has 0 spiro atoms. The number of ether oxygens (including phenoxy) is 1. The topological polar surface area (TPSA) is 21.3 Å². The molecule has 0 unspecified atom stereocenters. The quantitative estimate of drug-likeness (QED) is 0.890. The average molecular weight is 268 g/mol. The molecule has 0 saturated heterocycles. The van der Waals surface area contributed by atoms with E-state index < -0.39 is 0 Å². The first-order chi connectivity index (χ1) is 8.69. The maximum Gasteiger partial charge on any atom is 0.124 e. The number of hydrogen-bond acceptors (Lipinski definition) is 2. The van der Waals surface area contributed by atoms with Crippen molar-refractivity contribution in [3.8, 4) is 5.75 Å². The van der Waals surface area contributed by atoms with Crippen LogP contribution in [0.2, 0.25) is 5.02 Å². The molecule has 1 aromatic rings. The third-order valence-corrected chi connectivity index (χ3v) is 3.88. The molecule has 1 aliphatic rings. The number of benzene rings is 1. The van der Waals surface area contributed by atoms with Crippen molar-refractivity contribution >= 4 is 11.6 Å². The molecule has 0 radical (unpaired) electrons. The smallest absolute Gasteiger partial charge is 0.124 e. The lowest BCUT2D eigenvalue weighted by Crippen LogP contribution is -2.23. The Kier molecular flexibility index (Phi) is 4.90. The highest BCUT2D eigenvalue weighted by atomic mass is 35.5. The van der Waals surface area contributed by atoms with Crippen LogP contribution in [0.25, 0.3) is 0 Å². The molecule has 0 atom stereocenters. The Morgan fingerprint density at radius 2 is 2.00 bits per heavy atom. The first-order valence-corrected chi connectivity index (χ1v) is 7.16. The van der Waals surface area contributed by atoms with Gasteiger partial charge in [-0.1, -0.05) is 18.5 Å². The van der Waals surface area contributed by atoms with Gasteiger partial charge in [-0.25, -0.2) is 0 Å². The first-order valence-electron chi connectivity index (χ1n) is 6.78. The molecule has 1 saturated carbocycles. The second-order valence-electron chi connectivity index (χ2n) is 5.28. The molecule has 0 amide bonds. The summed E-state index contributed by atoms with van der Waals surface area (Å²) in [6.07, 6.45) is 5.27. The van der Waals surface area contributed by atoms with Gasteiger partial charge in [-0.05, 0) is 56.8 Å². The van der Waals surface area contributed by atoms with E-state index in [0.29, 0.717) is 6.10 Å². The zero-order valence-corrected chi connectivity index (χ0v) is 12.0. The van der Waals surface area contributed by atoms with E-state index in [9.17, 15) is 0 Å². The van der Waals surface area contributed by atoms with Crippen molar-refractivity contribution < 1.29 is 4.74 Å². The Morgan fingerprint density at radius 3 is 2.67 bits per heavy atom. The van der Waals surface area contributed by atoms with Crippen LogP contribution in [0.1, 0.15) is 38.2 Å². The molecule has 0 aliphatic heterocycles. The molecule has 0 bridgehead atoms. The summed E-state index contributed by atoms with van der Waals surface area (Å²) in [5.74, 6) is 1.83. The molecular formula is C15H22ClNO. The van der Waals surface area contributed by atoms with Crippen molar-refractivity contribution in [3.63, 3.8) is 0 Å². The van der Waals surface area contributed by atoms with Crippen LogP contribution < -0.4 is 10.1 Å². The predicted molar refractivity (Wildman–Crippen MR) is 76.3 cm³/mol. The Morgan fingerprint density at radius 1 is 1.28 bits per heavy atom. The van der Waals surface area contributed by atoms with Crippen LogP contribution in [0.3, 0.4) is 0 Å². The minimum Gasteiger partial charge on any atom is -0.490 e. The molecule has 18 heavy (non-hydrogen) atoms. The second-order valence-corrected chi connectivity index (χ2v) is 5.72. The fraction of sp³-hybridized carbons (Fsp3) is 0.600. The summed E-state index contributed by atoms with van der Waals surface area (Å²) in [6.45, 7) is 3.12. The molecule has 2 nitrogen and oxygen atoms in total. The number of rotatable bonds is 4. The number of halogens is 1. The van der Waals surface area contributed by atoms with Crippen molar-refractivity contribution in [2.45, 2.75) is 45.3 Å². The van der Waals surface area contributed by atoms with Crippen molar-refractivity contribution in [2.24, 2.45) is 5.92 Å². The Bertz CT molecular complexity index is 386. The van der Waals surface area contributed by atoms with Crippen LogP contribution in [0.4, 0.5) is 0 Å². The lowest BCUT2D eigenvalue weighted by Gasteiger charge is -2.27. The van der Waals surface area contributed by atoms with Crippen molar-refractivity contribution in [1.29, 1.82) is 0 Å². The third-order valence-electron chi connectivity index (χ3n) is 3.65. The van der Waals surface area contributed by atoms with Gasteiger partial charge < -0.3 is 10.1 Å². The average Bonchev–Trinajstić information content (AvgIpc) is 2.36. The van der Waals surface area contributed by atoms with E-state index in [-0.39, 0.29) is 0 Å². The normalized spacial score (nSPS) is 23.9. The summed E-state index contributed by atoms with van der Waals surface area (Å²) in [7, 11) is 1.94. The third kappa shape index (κ3) is 3.63.